The third kappa shape index (κ3) is 5.00. The van der Waals surface area contributed by atoms with Crippen LogP contribution in [0, 0.1) is 22.7 Å². The van der Waals surface area contributed by atoms with E-state index in [-0.39, 0.29) is 5.57 Å². The molecule has 0 saturated carbocycles. The van der Waals surface area contributed by atoms with Crippen molar-refractivity contribution in [2.75, 3.05) is 0 Å². The zero-order valence-electron chi connectivity index (χ0n) is 12.1. The SMILES string of the molecule is N#CC(C#N)=Cc1ccc(OC(=O)/C=C/c2ccccc2)cc1. The van der Waals surface area contributed by atoms with Crippen LogP contribution in [0.15, 0.2) is 66.2 Å². The number of carbonyl (C=O) groups is 1. The average molecular weight is 300 g/mol. The largest absolute Gasteiger partial charge is 0.423 e. The van der Waals surface area contributed by atoms with Gasteiger partial charge in [-0.2, -0.15) is 10.5 Å². The zero-order valence-corrected chi connectivity index (χ0v) is 12.1. The van der Waals surface area contributed by atoms with E-state index in [0.29, 0.717) is 11.3 Å². The van der Waals surface area contributed by atoms with E-state index in [1.54, 1.807) is 42.5 Å². The van der Waals surface area contributed by atoms with Gasteiger partial charge in [0, 0.05) is 6.08 Å². The molecule has 23 heavy (non-hydrogen) atoms. The number of hydrogen-bond donors (Lipinski definition) is 0. The van der Waals surface area contributed by atoms with E-state index in [1.807, 2.05) is 30.3 Å². The zero-order chi connectivity index (χ0) is 16.5. The first-order valence-corrected chi connectivity index (χ1v) is 6.78. The van der Waals surface area contributed by atoms with E-state index < -0.39 is 5.97 Å². The molecule has 0 bridgehead atoms. The highest BCUT2D eigenvalue weighted by molar-refractivity contribution is 5.88. The topological polar surface area (TPSA) is 73.9 Å². The second-order valence-electron chi connectivity index (χ2n) is 4.52. The van der Waals surface area contributed by atoms with Gasteiger partial charge in [-0.3, -0.25) is 0 Å². The molecule has 4 nitrogen and oxygen atoms in total. The molecule has 2 aromatic rings. The first kappa shape index (κ1) is 15.8. The summed E-state index contributed by atoms with van der Waals surface area (Å²) in [6.07, 6.45) is 4.49. The molecule has 2 rings (SSSR count). The first-order chi connectivity index (χ1) is 11.2. The van der Waals surface area contributed by atoms with Gasteiger partial charge in [-0.25, -0.2) is 4.79 Å². The van der Waals surface area contributed by atoms with Crippen LogP contribution in [0.5, 0.6) is 5.75 Å². The number of rotatable bonds is 4. The van der Waals surface area contributed by atoms with E-state index in [4.69, 9.17) is 15.3 Å². The minimum Gasteiger partial charge on any atom is -0.423 e. The third-order valence-electron chi connectivity index (χ3n) is 2.86. The summed E-state index contributed by atoms with van der Waals surface area (Å²) in [5.74, 6) is -0.0905. The standard InChI is InChI=1S/C19H12N2O2/c20-13-17(14-21)12-16-6-9-18(10-7-16)23-19(22)11-8-15-4-2-1-3-5-15/h1-12H/b11-8+. The Balaban J connectivity index is 2.00. The molecule has 110 valence electrons. The second kappa shape index (κ2) is 7.97. The summed E-state index contributed by atoms with van der Waals surface area (Å²) in [7, 11) is 0. The van der Waals surface area contributed by atoms with Gasteiger partial charge in [-0.15, -0.1) is 0 Å². The highest BCUT2D eigenvalue weighted by Gasteiger charge is 2.01. The van der Waals surface area contributed by atoms with Gasteiger partial charge in [0.05, 0.1) is 0 Å². The Labute approximate surface area is 134 Å². The summed E-state index contributed by atoms with van der Waals surface area (Å²) in [6, 6.07) is 19.5. The van der Waals surface area contributed by atoms with Gasteiger partial charge >= 0.3 is 5.97 Å². The van der Waals surface area contributed by atoms with Gasteiger partial charge in [-0.05, 0) is 35.4 Å². The van der Waals surface area contributed by atoms with Crippen molar-refractivity contribution >= 4 is 18.1 Å². The van der Waals surface area contributed by atoms with Crippen molar-refractivity contribution in [2.45, 2.75) is 0 Å². The Morgan fingerprint density at radius 3 is 2.17 bits per heavy atom. The molecular formula is C19H12N2O2. The Hall–Kier alpha value is -3.63. The molecule has 0 atom stereocenters. The van der Waals surface area contributed by atoms with Gasteiger partial charge in [-0.1, -0.05) is 42.5 Å². The molecule has 0 radical (unpaired) electrons. The minimum atomic E-state index is -0.480. The summed E-state index contributed by atoms with van der Waals surface area (Å²) < 4.78 is 5.17. The minimum absolute atomic E-state index is 0.0144. The fraction of sp³-hybridized carbons (Fsp3) is 0. The lowest BCUT2D eigenvalue weighted by Crippen LogP contribution is -2.03. The van der Waals surface area contributed by atoms with Crippen LogP contribution in [0.1, 0.15) is 11.1 Å². The maximum atomic E-state index is 11.7. The molecule has 0 aromatic heterocycles. The lowest BCUT2D eigenvalue weighted by molar-refractivity contribution is -0.128. The molecule has 0 saturated heterocycles. The number of carbonyl (C=O) groups excluding carboxylic acids is 1. The number of benzene rings is 2. The van der Waals surface area contributed by atoms with Gasteiger partial charge in [0.2, 0.25) is 0 Å². The highest BCUT2D eigenvalue weighted by Crippen LogP contribution is 2.15. The number of esters is 1. The smallest absolute Gasteiger partial charge is 0.336 e. The van der Waals surface area contributed by atoms with Gasteiger partial charge < -0.3 is 4.74 Å². The van der Waals surface area contributed by atoms with Gasteiger partial charge in [0.25, 0.3) is 0 Å². The van der Waals surface area contributed by atoms with Crippen molar-refractivity contribution in [3.05, 3.63) is 77.4 Å². The van der Waals surface area contributed by atoms with E-state index >= 15 is 0 Å². The Kier molecular flexibility index (Phi) is 5.46. The maximum Gasteiger partial charge on any atom is 0.336 e. The van der Waals surface area contributed by atoms with E-state index in [9.17, 15) is 4.79 Å². The van der Waals surface area contributed by atoms with E-state index in [1.165, 1.54) is 12.2 Å². The van der Waals surface area contributed by atoms with Crippen molar-refractivity contribution in [3.8, 4) is 17.9 Å². The van der Waals surface area contributed by atoms with Gasteiger partial charge in [0.1, 0.15) is 23.5 Å². The van der Waals surface area contributed by atoms with Crippen molar-refractivity contribution in [3.63, 3.8) is 0 Å². The summed E-state index contributed by atoms with van der Waals surface area (Å²) in [6.45, 7) is 0. The molecular weight excluding hydrogens is 288 g/mol. The van der Waals surface area contributed by atoms with Crippen LogP contribution in [0.25, 0.3) is 12.2 Å². The maximum absolute atomic E-state index is 11.7. The molecule has 2 aromatic carbocycles. The quantitative estimate of drug-likeness (QED) is 0.373. The second-order valence-corrected chi connectivity index (χ2v) is 4.52. The van der Waals surface area contributed by atoms with Crippen LogP contribution < -0.4 is 4.74 Å². The number of ether oxygens (including phenoxy) is 1. The number of allylic oxidation sites excluding steroid dienone is 1. The Bertz CT molecular complexity index is 804. The molecule has 0 aliphatic heterocycles. The normalized spacial score (nSPS) is 9.65. The third-order valence-corrected chi connectivity index (χ3v) is 2.86. The lowest BCUT2D eigenvalue weighted by Gasteiger charge is -2.01. The molecule has 4 heteroatoms. The van der Waals surface area contributed by atoms with Crippen LogP contribution in [-0.2, 0) is 4.79 Å². The van der Waals surface area contributed by atoms with E-state index in [2.05, 4.69) is 0 Å². The molecule has 0 heterocycles. The molecule has 0 aliphatic rings. The Morgan fingerprint density at radius 2 is 1.57 bits per heavy atom. The van der Waals surface area contributed by atoms with Crippen LogP contribution in [0.3, 0.4) is 0 Å². The summed E-state index contributed by atoms with van der Waals surface area (Å²) in [4.78, 5) is 11.7. The molecule has 0 spiro atoms. The van der Waals surface area contributed by atoms with Crippen LogP contribution in [0.2, 0.25) is 0 Å². The number of nitriles is 2. The molecule has 0 amide bonds. The fourth-order valence-corrected chi connectivity index (χ4v) is 1.77. The summed E-state index contributed by atoms with van der Waals surface area (Å²) >= 11 is 0. The van der Waals surface area contributed by atoms with Crippen molar-refractivity contribution in [1.82, 2.24) is 0 Å². The number of nitrogens with zero attached hydrogens (tertiary/aromatic N) is 2. The average Bonchev–Trinajstić information content (AvgIpc) is 2.60. The van der Waals surface area contributed by atoms with Crippen LogP contribution in [-0.4, -0.2) is 5.97 Å². The van der Waals surface area contributed by atoms with Crippen molar-refractivity contribution < 1.29 is 9.53 Å². The van der Waals surface area contributed by atoms with Crippen LogP contribution >= 0.6 is 0 Å². The van der Waals surface area contributed by atoms with Crippen molar-refractivity contribution in [2.24, 2.45) is 0 Å². The van der Waals surface area contributed by atoms with E-state index in [0.717, 1.165) is 5.56 Å². The Morgan fingerprint density at radius 1 is 0.913 bits per heavy atom. The van der Waals surface area contributed by atoms with Crippen molar-refractivity contribution in [1.29, 1.82) is 10.5 Å². The summed E-state index contributed by atoms with van der Waals surface area (Å²) in [5, 5.41) is 17.4. The predicted octanol–water partition coefficient (Wildman–Crippen LogP) is 3.74. The molecule has 0 fully saturated rings. The van der Waals surface area contributed by atoms with Crippen LogP contribution in [0.4, 0.5) is 0 Å². The molecule has 0 unspecified atom stereocenters. The molecule has 0 aliphatic carbocycles. The lowest BCUT2D eigenvalue weighted by atomic mass is 10.1. The monoisotopic (exact) mass is 300 g/mol. The first-order valence-electron chi connectivity index (χ1n) is 6.78. The highest BCUT2D eigenvalue weighted by atomic mass is 16.5. The van der Waals surface area contributed by atoms with Gasteiger partial charge in [0.15, 0.2) is 0 Å². The molecule has 0 N–H and O–H groups in total. The predicted molar refractivity (Wildman–Crippen MR) is 86.8 cm³/mol. The number of hydrogen-bond acceptors (Lipinski definition) is 4. The summed E-state index contributed by atoms with van der Waals surface area (Å²) in [5.41, 5.74) is 1.61. The fourth-order valence-electron chi connectivity index (χ4n) is 1.77.